The van der Waals surface area contributed by atoms with Crippen LogP contribution in [0.4, 0.5) is 0 Å². The molecule has 0 saturated heterocycles. The van der Waals surface area contributed by atoms with Crippen LogP contribution in [-0.4, -0.2) is 37.2 Å². The molecule has 0 aromatic carbocycles. The second-order valence-corrected chi connectivity index (χ2v) is 19.1. The van der Waals surface area contributed by atoms with Crippen molar-refractivity contribution in [3.63, 3.8) is 0 Å². The largest absolute Gasteiger partial charge is 0.462 e. The molecule has 0 heterocycles. The second-order valence-electron chi connectivity index (χ2n) is 19.1. The molecule has 6 heteroatoms. The van der Waals surface area contributed by atoms with Crippen LogP contribution >= 0.6 is 0 Å². The fourth-order valence-electron chi connectivity index (χ4n) is 7.72. The van der Waals surface area contributed by atoms with Gasteiger partial charge in [0, 0.05) is 19.3 Å². The number of ether oxygens (including phenoxy) is 3. The van der Waals surface area contributed by atoms with E-state index in [-0.39, 0.29) is 31.1 Å². The first-order chi connectivity index (χ1) is 36.0. The maximum Gasteiger partial charge on any atom is 0.306 e. The van der Waals surface area contributed by atoms with Crippen LogP contribution in [0.5, 0.6) is 0 Å². The minimum absolute atomic E-state index is 0.103. The Balaban J connectivity index is 4.52. The lowest BCUT2D eigenvalue weighted by molar-refractivity contribution is -0.167. The van der Waals surface area contributed by atoms with Gasteiger partial charge in [-0.2, -0.15) is 0 Å². The van der Waals surface area contributed by atoms with E-state index in [4.69, 9.17) is 14.2 Å². The Morgan fingerprint density at radius 3 is 0.849 bits per heavy atom. The average molecular weight is 1010 g/mol. The fourth-order valence-corrected chi connectivity index (χ4v) is 7.72. The first-order valence-corrected chi connectivity index (χ1v) is 29.7. The quantitative estimate of drug-likeness (QED) is 0.0261. The summed E-state index contributed by atoms with van der Waals surface area (Å²) in [5.74, 6) is -0.959. The summed E-state index contributed by atoms with van der Waals surface area (Å²) in [5.41, 5.74) is 0. The maximum atomic E-state index is 12.9. The summed E-state index contributed by atoms with van der Waals surface area (Å²) in [4.78, 5) is 38.3. The van der Waals surface area contributed by atoms with Gasteiger partial charge in [-0.3, -0.25) is 14.4 Å². The van der Waals surface area contributed by atoms with E-state index in [1.807, 2.05) is 0 Å². The molecule has 0 aliphatic rings. The van der Waals surface area contributed by atoms with Gasteiger partial charge in [0.2, 0.25) is 0 Å². The van der Waals surface area contributed by atoms with Gasteiger partial charge in [0.25, 0.3) is 0 Å². The van der Waals surface area contributed by atoms with Crippen molar-refractivity contribution < 1.29 is 28.6 Å². The predicted octanol–water partition coefficient (Wildman–Crippen LogP) is 20.2. The van der Waals surface area contributed by atoms with E-state index in [0.29, 0.717) is 19.3 Å². The Morgan fingerprint density at radius 1 is 0.288 bits per heavy atom. The van der Waals surface area contributed by atoms with Crippen molar-refractivity contribution in [1.82, 2.24) is 0 Å². The molecule has 6 nitrogen and oxygen atoms in total. The Kier molecular flexibility index (Phi) is 56.4. The summed E-state index contributed by atoms with van der Waals surface area (Å²) in [6, 6.07) is 0. The molecule has 0 aliphatic heterocycles. The van der Waals surface area contributed by atoms with Gasteiger partial charge in [0.05, 0.1) is 0 Å². The number of carbonyl (C=O) groups excluding carboxylic acids is 3. The third-order valence-corrected chi connectivity index (χ3v) is 12.1. The Hall–Kier alpha value is -4.45. The molecule has 73 heavy (non-hydrogen) atoms. The topological polar surface area (TPSA) is 78.9 Å². The normalized spacial score (nSPS) is 13.1. The highest BCUT2D eigenvalue weighted by molar-refractivity contribution is 5.71. The minimum Gasteiger partial charge on any atom is -0.462 e. The lowest BCUT2D eigenvalue weighted by Gasteiger charge is -2.18. The third kappa shape index (κ3) is 58.3. The van der Waals surface area contributed by atoms with E-state index in [1.54, 1.807) is 0 Å². The first-order valence-electron chi connectivity index (χ1n) is 29.7. The van der Waals surface area contributed by atoms with Crippen LogP contribution in [0.2, 0.25) is 0 Å². The van der Waals surface area contributed by atoms with Gasteiger partial charge in [-0.15, -0.1) is 0 Å². The molecule has 1 unspecified atom stereocenters. The lowest BCUT2D eigenvalue weighted by Crippen LogP contribution is -2.30. The summed E-state index contributed by atoms with van der Waals surface area (Å²) in [6.45, 7) is 6.34. The van der Waals surface area contributed by atoms with E-state index in [1.165, 1.54) is 64.2 Å². The van der Waals surface area contributed by atoms with Crippen molar-refractivity contribution in [3.05, 3.63) is 134 Å². The molecule has 0 amide bonds. The van der Waals surface area contributed by atoms with Gasteiger partial charge in [-0.05, 0) is 135 Å². The van der Waals surface area contributed by atoms with Crippen molar-refractivity contribution in [3.8, 4) is 0 Å². The van der Waals surface area contributed by atoms with Crippen molar-refractivity contribution in [2.75, 3.05) is 13.2 Å². The average Bonchev–Trinajstić information content (AvgIpc) is 3.39. The van der Waals surface area contributed by atoms with Crippen molar-refractivity contribution in [2.24, 2.45) is 0 Å². The number of unbranched alkanes of at least 4 members (excludes halogenated alkanes) is 19. The Morgan fingerprint density at radius 2 is 0.534 bits per heavy atom. The monoisotopic (exact) mass is 1010 g/mol. The van der Waals surface area contributed by atoms with Gasteiger partial charge in [-0.1, -0.05) is 231 Å². The van der Waals surface area contributed by atoms with Gasteiger partial charge in [0.15, 0.2) is 6.10 Å². The zero-order valence-electron chi connectivity index (χ0n) is 47.1. The van der Waals surface area contributed by atoms with Crippen LogP contribution in [0.3, 0.4) is 0 Å². The molecule has 412 valence electrons. The van der Waals surface area contributed by atoms with E-state index in [2.05, 4.69) is 154 Å². The third-order valence-electron chi connectivity index (χ3n) is 12.1. The number of esters is 3. The van der Waals surface area contributed by atoms with Crippen molar-refractivity contribution in [2.45, 2.75) is 258 Å². The summed E-state index contributed by atoms with van der Waals surface area (Å²) >= 11 is 0. The van der Waals surface area contributed by atoms with E-state index >= 15 is 0 Å². The maximum absolute atomic E-state index is 12.9. The molecular weight excluding hydrogens is 901 g/mol. The number of hydrogen-bond acceptors (Lipinski definition) is 6. The Bertz CT molecular complexity index is 1580. The van der Waals surface area contributed by atoms with Crippen molar-refractivity contribution >= 4 is 17.9 Å². The molecular formula is C67H108O6. The van der Waals surface area contributed by atoms with Gasteiger partial charge in [-0.25, -0.2) is 0 Å². The van der Waals surface area contributed by atoms with Gasteiger partial charge >= 0.3 is 17.9 Å². The molecule has 0 aromatic heterocycles. The van der Waals surface area contributed by atoms with Crippen LogP contribution in [0.25, 0.3) is 0 Å². The molecule has 0 fully saturated rings. The summed E-state index contributed by atoms with van der Waals surface area (Å²) in [5, 5.41) is 0. The summed E-state index contributed by atoms with van der Waals surface area (Å²) in [7, 11) is 0. The van der Waals surface area contributed by atoms with Gasteiger partial charge < -0.3 is 14.2 Å². The number of carbonyl (C=O) groups is 3. The van der Waals surface area contributed by atoms with Crippen LogP contribution in [0.15, 0.2) is 134 Å². The second kappa shape index (κ2) is 60.1. The van der Waals surface area contributed by atoms with E-state index in [9.17, 15) is 14.4 Å². The van der Waals surface area contributed by atoms with Crippen LogP contribution in [0, 0.1) is 0 Å². The molecule has 0 spiro atoms. The Labute approximate surface area is 449 Å². The number of allylic oxidation sites excluding steroid dienone is 22. The molecule has 0 aromatic rings. The van der Waals surface area contributed by atoms with Crippen LogP contribution in [-0.2, 0) is 28.6 Å². The van der Waals surface area contributed by atoms with Gasteiger partial charge in [0.1, 0.15) is 13.2 Å². The zero-order valence-corrected chi connectivity index (χ0v) is 47.1. The van der Waals surface area contributed by atoms with Crippen LogP contribution < -0.4 is 0 Å². The number of hydrogen-bond donors (Lipinski definition) is 0. The summed E-state index contributed by atoms with van der Waals surface area (Å²) in [6.07, 6.45) is 84.3. The van der Waals surface area contributed by atoms with Crippen LogP contribution in [0.1, 0.15) is 252 Å². The molecule has 0 rings (SSSR count). The lowest BCUT2D eigenvalue weighted by atomic mass is 10.1. The predicted molar refractivity (Wildman–Crippen MR) is 316 cm³/mol. The number of rotatable bonds is 52. The summed E-state index contributed by atoms with van der Waals surface area (Å²) < 4.78 is 16.9. The zero-order chi connectivity index (χ0) is 52.9. The highest BCUT2D eigenvalue weighted by Gasteiger charge is 2.19. The fraction of sp³-hybridized carbons (Fsp3) is 0.627. The van der Waals surface area contributed by atoms with Crippen molar-refractivity contribution in [1.29, 1.82) is 0 Å². The smallest absolute Gasteiger partial charge is 0.306 e. The molecule has 1 atom stereocenters. The van der Waals surface area contributed by atoms with E-state index < -0.39 is 6.10 Å². The highest BCUT2D eigenvalue weighted by Crippen LogP contribution is 2.14. The molecule has 0 radical (unpaired) electrons. The first kappa shape index (κ1) is 68.6. The molecule has 0 aliphatic carbocycles. The van der Waals surface area contributed by atoms with E-state index in [0.717, 1.165) is 148 Å². The minimum atomic E-state index is -0.809. The molecule has 0 bridgehead atoms. The standard InChI is InChI=1S/C67H108O6/c1-4-7-10-13-16-19-22-25-28-31-33-36-39-42-45-48-51-54-57-60-66(69)72-63-64(62-71-65(68)59-56-53-50-47-44-41-38-35-30-27-24-21-18-15-12-9-6-3)73-67(70)61-58-55-52-49-46-43-40-37-34-32-29-26-23-20-17-14-11-8-5-2/h7-8,10-11,16-21,25-30,33-34,36-37,42,45,64H,4-6,9,12-15,22-24,31-32,35,38-41,43-44,46-63H2,1-3H3/b10-7-,11-8-,19-16-,20-17-,21-18-,28-25-,29-26-,30-27-,36-33-,37-34-,45-42-. The SMILES string of the molecule is CC/C=C\C/C=C\C/C=C\C/C=C\C/C=C\CCCCCC(=O)OCC(COC(=O)CCCCCCCCC/C=C\C/C=C\CCCCC)OC(=O)CCCCCCCC/C=C\C/C=C\C/C=C\C/C=C\CC. The molecule has 0 saturated carbocycles. The highest BCUT2D eigenvalue weighted by atomic mass is 16.6. The molecule has 0 N–H and O–H groups in total.